The van der Waals surface area contributed by atoms with Gasteiger partial charge in [0, 0.05) is 12.6 Å². The summed E-state index contributed by atoms with van der Waals surface area (Å²) in [4.78, 5) is 29.5. The van der Waals surface area contributed by atoms with E-state index in [1.165, 1.54) is 17.0 Å². The predicted octanol–water partition coefficient (Wildman–Crippen LogP) is 3.60. The fraction of sp³-hybridized carbons (Fsp3) is 0.364. The molecule has 1 saturated carbocycles. The number of carbonyl (C=O) groups is 2. The van der Waals surface area contributed by atoms with Gasteiger partial charge in [0.2, 0.25) is 0 Å². The topological polar surface area (TPSA) is 52.7 Å². The van der Waals surface area contributed by atoms with E-state index in [1.807, 2.05) is 37.3 Å². The van der Waals surface area contributed by atoms with Crippen LogP contribution in [-0.2, 0) is 16.9 Å². The first-order valence-corrected chi connectivity index (χ1v) is 9.71. The van der Waals surface area contributed by atoms with E-state index in [9.17, 15) is 14.0 Å². The Labute approximate surface area is 164 Å². The highest BCUT2D eigenvalue weighted by atomic mass is 19.1. The Bertz CT molecular complexity index is 867. The van der Waals surface area contributed by atoms with Crippen molar-refractivity contribution in [1.82, 2.24) is 15.1 Å². The molecule has 0 radical (unpaired) electrons. The van der Waals surface area contributed by atoms with Crippen LogP contribution in [-0.4, -0.2) is 34.4 Å². The normalized spacial score (nSPS) is 22.0. The van der Waals surface area contributed by atoms with Gasteiger partial charge in [0.25, 0.3) is 5.91 Å². The van der Waals surface area contributed by atoms with E-state index in [0.717, 1.165) is 24.0 Å². The molecule has 1 aliphatic carbocycles. The highest BCUT2D eigenvalue weighted by Gasteiger charge is 2.52. The standard InChI is InChI=1S/C22H24FN3O2/c1-2-22(17-6-4-3-5-7-17)20(27)26(21(28)24-22)15-25(19-12-13-19)14-16-8-10-18(23)11-9-16/h3-11,19H,2,12-15H2,1H3,(H,24,28)/t22-/m1/s1. The number of nitrogens with one attached hydrogen (secondary N) is 1. The summed E-state index contributed by atoms with van der Waals surface area (Å²) in [7, 11) is 0. The maximum Gasteiger partial charge on any atom is 0.326 e. The highest BCUT2D eigenvalue weighted by Crippen LogP contribution is 2.34. The molecule has 6 heteroatoms. The minimum atomic E-state index is -1.01. The van der Waals surface area contributed by atoms with Gasteiger partial charge in [0.1, 0.15) is 11.4 Å². The Kier molecular flexibility index (Phi) is 4.89. The molecule has 0 aromatic heterocycles. The summed E-state index contributed by atoms with van der Waals surface area (Å²) < 4.78 is 13.2. The summed E-state index contributed by atoms with van der Waals surface area (Å²) in [6.07, 6.45) is 2.57. The van der Waals surface area contributed by atoms with Crippen LogP contribution in [0, 0.1) is 5.82 Å². The number of amides is 3. The van der Waals surface area contributed by atoms with Crippen molar-refractivity contribution in [2.75, 3.05) is 6.67 Å². The molecule has 1 aliphatic heterocycles. The van der Waals surface area contributed by atoms with Crippen LogP contribution in [0.5, 0.6) is 0 Å². The smallest absolute Gasteiger partial charge is 0.319 e. The van der Waals surface area contributed by atoms with Crippen LogP contribution in [0.1, 0.15) is 37.3 Å². The monoisotopic (exact) mass is 381 g/mol. The molecule has 1 atom stereocenters. The number of hydrogen-bond acceptors (Lipinski definition) is 3. The van der Waals surface area contributed by atoms with Gasteiger partial charge in [-0.05, 0) is 42.5 Å². The molecule has 0 bridgehead atoms. The number of halogens is 1. The van der Waals surface area contributed by atoms with Crippen LogP contribution in [0.25, 0.3) is 0 Å². The van der Waals surface area contributed by atoms with E-state index >= 15 is 0 Å². The van der Waals surface area contributed by atoms with Crippen LogP contribution in [0.2, 0.25) is 0 Å². The second kappa shape index (κ2) is 7.36. The van der Waals surface area contributed by atoms with Gasteiger partial charge in [-0.1, -0.05) is 49.4 Å². The van der Waals surface area contributed by atoms with Gasteiger partial charge in [-0.2, -0.15) is 0 Å². The minimum Gasteiger partial charge on any atom is -0.319 e. The molecule has 0 spiro atoms. The predicted molar refractivity (Wildman–Crippen MR) is 104 cm³/mol. The van der Waals surface area contributed by atoms with E-state index in [2.05, 4.69) is 10.2 Å². The SMILES string of the molecule is CC[C@]1(c2ccccc2)NC(=O)N(CN(Cc2ccc(F)cc2)C2CC2)C1=O. The van der Waals surface area contributed by atoms with Crippen molar-refractivity contribution in [3.63, 3.8) is 0 Å². The van der Waals surface area contributed by atoms with Gasteiger partial charge in [-0.3, -0.25) is 9.69 Å². The van der Waals surface area contributed by atoms with Crippen LogP contribution in [0.4, 0.5) is 9.18 Å². The Morgan fingerprint density at radius 1 is 1.11 bits per heavy atom. The van der Waals surface area contributed by atoms with Gasteiger partial charge < -0.3 is 5.32 Å². The average Bonchev–Trinajstić information content (AvgIpc) is 3.53. The number of benzene rings is 2. The van der Waals surface area contributed by atoms with Gasteiger partial charge in [-0.15, -0.1) is 0 Å². The molecular formula is C22H24FN3O2. The Morgan fingerprint density at radius 2 is 1.79 bits per heavy atom. The molecule has 2 aromatic rings. The summed E-state index contributed by atoms with van der Waals surface area (Å²) in [6, 6.07) is 15.7. The molecule has 28 heavy (non-hydrogen) atoms. The van der Waals surface area contributed by atoms with Crippen LogP contribution in [0.3, 0.4) is 0 Å². The minimum absolute atomic E-state index is 0.212. The third-order valence-electron chi connectivity index (χ3n) is 5.66. The summed E-state index contributed by atoms with van der Waals surface area (Å²) >= 11 is 0. The highest BCUT2D eigenvalue weighted by molar-refractivity contribution is 6.07. The van der Waals surface area contributed by atoms with Crippen molar-refractivity contribution in [1.29, 1.82) is 0 Å². The summed E-state index contributed by atoms with van der Waals surface area (Å²) in [5.74, 6) is -0.484. The zero-order chi connectivity index (χ0) is 19.7. The number of hydrogen-bond donors (Lipinski definition) is 1. The van der Waals surface area contributed by atoms with Crippen LogP contribution < -0.4 is 5.32 Å². The van der Waals surface area contributed by atoms with Gasteiger partial charge in [0.05, 0.1) is 6.67 Å². The zero-order valence-electron chi connectivity index (χ0n) is 15.9. The summed E-state index contributed by atoms with van der Waals surface area (Å²) in [6.45, 7) is 2.72. The lowest BCUT2D eigenvalue weighted by Gasteiger charge is -2.28. The molecule has 5 nitrogen and oxygen atoms in total. The molecule has 2 aromatic carbocycles. The first kappa shape index (κ1) is 18.6. The largest absolute Gasteiger partial charge is 0.326 e. The molecule has 1 saturated heterocycles. The molecule has 4 rings (SSSR count). The molecule has 1 N–H and O–H groups in total. The molecule has 0 unspecified atom stereocenters. The van der Waals surface area contributed by atoms with Crippen molar-refractivity contribution in [3.05, 3.63) is 71.5 Å². The molecule has 2 fully saturated rings. The maximum absolute atomic E-state index is 13.3. The third-order valence-corrected chi connectivity index (χ3v) is 5.66. The Morgan fingerprint density at radius 3 is 2.39 bits per heavy atom. The lowest BCUT2D eigenvalue weighted by molar-refractivity contribution is -0.133. The van der Waals surface area contributed by atoms with Gasteiger partial charge in [0.15, 0.2) is 0 Å². The van der Waals surface area contributed by atoms with Crippen molar-refractivity contribution in [3.8, 4) is 0 Å². The van der Waals surface area contributed by atoms with E-state index in [-0.39, 0.29) is 24.4 Å². The van der Waals surface area contributed by atoms with Crippen LogP contribution in [0.15, 0.2) is 54.6 Å². The first-order valence-electron chi connectivity index (χ1n) is 9.71. The van der Waals surface area contributed by atoms with Crippen LogP contribution >= 0.6 is 0 Å². The van der Waals surface area contributed by atoms with Crippen molar-refractivity contribution >= 4 is 11.9 Å². The molecule has 3 amide bonds. The Hall–Kier alpha value is -2.73. The molecular weight excluding hydrogens is 357 g/mol. The van der Waals surface area contributed by atoms with Gasteiger partial charge >= 0.3 is 6.03 Å². The lowest BCUT2D eigenvalue weighted by Crippen LogP contribution is -2.45. The zero-order valence-corrected chi connectivity index (χ0v) is 15.9. The van der Waals surface area contributed by atoms with Crippen molar-refractivity contribution in [2.45, 2.75) is 44.3 Å². The lowest BCUT2D eigenvalue weighted by atomic mass is 9.87. The van der Waals surface area contributed by atoms with E-state index in [1.54, 1.807) is 12.1 Å². The van der Waals surface area contributed by atoms with Crippen molar-refractivity contribution in [2.24, 2.45) is 0 Å². The Balaban J connectivity index is 1.55. The summed E-state index contributed by atoms with van der Waals surface area (Å²) in [5, 5.41) is 2.93. The second-order valence-electron chi connectivity index (χ2n) is 7.53. The fourth-order valence-electron chi connectivity index (χ4n) is 3.86. The first-order chi connectivity index (χ1) is 13.5. The quantitative estimate of drug-likeness (QED) is 0.746. The molecule has 1 heterocycles. The number of nitrogens with zero attached hydrogens (tertiary/aromatic N) is 2. The van der Waals surface area contributed by atoms with Crippen molar-refractivity contribution < 1.29 is 14.0 Å². The van der Waals surface area contributed by atoms with Gasteiger partial charge in [-0.25, -0.2) is 14.1 Å². The number of imide groups is 1. The number of carbonyl (C=O) groups excluding carboxylic acids is 2. The number of rotatable bonds is 7. The van der Waals surface area contributed by atoms with E-state index in [0.29, 0.717) is 19.0 Å². The number of urea groups is 1. The fourth-order valence-corrected chi connectivity index (χ4v) is 3.86. The average molecular weight is 381 g/mol. The third kappa shape index (κ3) is 3.40. The second-order valence-corrected chi connectivity index (χ2v) is 7.53. The maximum atomic E-state index is 13.3. The van der Waals surface area contributed by atoms with E-state index < -0.39 is 5.54 Å². The molecule has 146 valence electrons. The van der Waals surface area contributed by atoms with E-state index in [4.69, 9.17) is 0 Å². The summed E-state index contributed by atoms with van der Waals surface area (Å²) in [5.41, 5.74) is 0.753. The molecule has 2 aliphatic rings.